The molecule has 0 aliphatic heterocycles. The zero-order valence-corrected chi connectivity index (χ0v) is 17.9. The number of benzene rings is 2. The molecule has 160 valence electrons. The summed E-state index contributed by atoms with van der Waals surface area (Å²) in [4.78, 5) is 8.92. The second kappa shape index (κ2) is 7.32. The normalized spacial score (nSPS) is 12.2. The molecule has 0 spiro atoms. The average molecular weight is 466 g/mol. The topological polar surface area (TPSA) is 144 Å². The number of phenolic OH excluding ortho intramolecular Hbond substituents is 2. The number of nitrogens with zero attached hydrogens (tertiary/aromatic N) is 4. The molecule has 0 radical (unpaired) electrons. The molecule has 11 heteroatoms. The second-order valence-electron chi connectivity index (χ2n) is 6.84. The molecule has 0 aliphatic rings. The number of phenols is 2. The number of aromatic hydroxyl groups is 2. The third-order valence-electron chi connectivity index (χ3n) is 4.78. The summed E-state index contributed by atoms with van der Waals surface area (Å²) in [5, 5.41) is 25.2. The van der Waals surface area contributed by atoms with Crippen molar-refractivity contribution in [2.75, 3.05) is 5.73 Å². The Morgan fingerprint density at radius 3 is 2.44 bits per heavy atom. The van der Waals surface area contributed by atoms with Gasteiger partial charge in [-0.25, -0.2) is 18.4 Å². The number of hydrogen-bond acceptors (Lipinski definition) is 9. The van der Waals surface area contributed by atoms with Crippen LogP contribution in [0, 0.1) is 0 Å². The first-order valence-electron chi connectivity index (χ1n) is 9.28. The van der Waals surface area contributed by atoms with Gasteiger partial charge in [-0.05, 0) is 47.3 Å². The molecule has 3 aromatic heterocycles. The molecule has 5 aromatic rings. The number of rotatable bonds is 4. The first-order valence-corrected chi connectivity index (χ1v) is 11.6. The highest BCUT2D eigenvalue weighted by Gasteiger charge is 2.31. The fourth-order valence-corrected chi connectivity index (χ4v) is 5.85. The summed E-state index contributed by atoms with van der Waals surface area (Å²) in [6.45, 7) is 0. The highest BCUT2D eigenvalue weighted by molar-refractivity contribution is 7.93. The van der Waals surface area contributed by atoms with Crippen molar-refractivity contribution in [2.24, 2.45) is 5.10 Å². The Bertz CT molecular complexity index is 1620. The van der Waals surface area contributed by atoms with E-state index in [-0.39, 0.29) is 37.6 Å². The number of sulfone groups is 1. The molecular formula is C21H15N5O4S2. The lowest BCUT2D eigenvalue weighted by atomic mass is 10.2. The van der Waals surface area contributed by atoms with Gasteiger partial charge in [-0.15, -0.1) is 11.3 Å². The largest absolute Gasteiger partial charge is 0.504 e. The predicted molar refractivity (Wildman–Crippen MR) is 122 cm³/mol. The third kappa shape index (κ3) is 3.15. The molecule has 4 N–H and O–H groups in total. The maximum absolute atomic E-state index is 13.4. The van der Waals surface area contributed by atoms with Crippen molar-refractivity contribution in [3.05, 3.63) is 65.5 Å². The van der Waals surface area contributed by atoms with Gasteiger partial charge in [0.05, 0.1) is 17.2 Å². The number of anilines is 1. The van der Waals surface area contributed by atoms with Crippen molar-refractivity contribution in [2.45, 2.75) is 9.10 Å². The smallest absolute Gasteiger partial charge is 0.221 e. The quantitative estimate of drug-likeness (QED) is 0.273. The Morgan fingerprint density at radius 1 is 1.00 bits per heavy atom. The molecule has 0 amide bonds. The minimum atomic E-state index is -3.97. The van der Waals surface area contributed by atoms with Gasteiger partial charge in [-0.3, -0.25) is 0 Å². The van der Waals surface area contributed by atoms with Crippen molar-refractivity contribution in [1.82, 2.24) is 14.6 Å². The van der Waals surface area contributed by atoms with E-state index in [1.807, 2.05) is 0 Å². The van der Waals surface area contributed by atoms with Crippen molar-refractivity contribution in [1.29, 1.82) is 0 Å². The summed E-state index contributed by atoms with van der Waals surface area (Å²) in [6.07, 6.45) is 1.37. The Labute approximate surface area is 185 Å². The van der Waals surface area contributed by atoms with Crippen molar-refractivity contribution in [3.63, 3.8) is 0 Å². The summed E-state index contributed by atoms with van der Waals surface area (Å²) in [7, 11) is -3.97. The highest BCUT2D eigenvalue weighted by atomic mass is 32.2. The number of hydrogen-bond donors (Lipinski definition) is 3. The van der Waals surface area contributed by atoms with Gasteiger partial charge in [0.15, 0.2) is 17.1 Å². The Hall–Kier alpha value is -3.96. The van der Waals surface area contributed by atoms with Crippen LogP contribution < -0.4 is 5.73 Å². The van der Waals surface area contributed by atoms with Gasteiger partial charge < -0.3 is 15.9 Å². The fourth-order valence-electron chi connectivity index (χ4n) is 3.27. The molecule has 32 heavy (non-hydrogen) atoms. The van der Waals surface area contributed by atoms with E-state index < -0.39 is 9.84 Å². The molecule has 0 saturated carbocycles. The first-order chi connectivity index (χ1) is 15.4. The number of fused-ring (bicyclic) bond motifs is 2. The van der Waals surface area contributed by atoms with E-state index in [1.165, 1.54) is 35.2 Å². The minimum absolute atomic E-state index is 0.111. The summed E-state index contributed by atoms with van der Waals surface area (Å²) < 4.78 is 28.1. The maximum Gasteiger partial charge on any atom is 0.221 e. The van der Waals surface area contributed by atoms with Crippen LogP contribution >= 0.6 is 11.3 Å². The number of aromatic nitrogens is 3. The summed E-state index contributed by atoms with van der Waals surface area (Å²) in [5.41, 5.74) is 8.11. The van der Waals surface area contributed by atoms with Gasteiger partial charge in [0.2, 0.25) is 9.84 Å². The van der Waals surface area contributed by atoms with Gasteiger partial charge in [0.1, 0.15) is 20.4 Å². The molecule has 0 saturated heterocycles. The summed E-state index contributed by atoms with van der Waals surface area (Å²) in [6, 6.07) is 14.4. The molecule has 2 aromatic carbocycles. The fraction of sp³-hybridized carbons (Fsp3) is 0. The molecule has 3 heterocycles. The lowest BCUT2D eigenvalue weighted by Crippen LogP contribution is -2.05. The van der Waals surface area contributed by atoms with E-state index in [2.05, 4.69) is 15.1 Å². The molecule has 0 bridgehead atoms. The monoisotopic (exact) mass is 465 g/mol. The molecule has 5 rings (SSSR count). The van der Waals surface area contributed by atoms with Crippen molar-refractivity contribution in [3.8, 4) is 11.5 Å². The van der Waals surface area contributed by atoms with Crippen molar-refractivity contribution < 1.29 is 18.6 Å². The van der Waals surface area contributed by atoms with Gasteiger partial charge >= 0.3 is 0 Å². The standard InChI is InChI=1S/C21H15N5O4S2/c22-20-19(32(29,30)17-6-3-9-31-17)18-21(25-14-5-2-1-4-13(14)24-18)26(20)23-11-12-7-8-15(27)16(28)10-12/h1-11,27-28H,22H2. The summed E-state index contributed by atoms with van der Waals surface area (Å²) in [5.74, 6) is -0.719. The third-order valence-corrected chi connectivity index (χ3v) is 7.99. The predicted octanol–water partition coefficient (Wildman–Crippen LogP) is 3.35. The molecule has 0 aliphatic carbocycles. The van der Waals surface area contributed by atoms with Gasteiger partial charge in [0, 0.05) is 0 Å². The lowest BCUT2D eigenvalue weighted by molar-refractivity contribution is 0.403. The number of thiophene rings is 1. The minimum Gasteiger partial charge on any atom is -0.504 e. The Morgan fingerprint density at radius 2 is 1.75 bits per heavy atom. The van der Waals surface area contributed by atoms with Crippen LogP contribution in [0.5, 0.6) is 11.5 Å². The lowest BCUT2D eigenvalue weighted by Gasteiger charge is -2.02. The van der Waals surface area contributed by atoms with Crippen LogP contribution in [0.25, 0.3) is 22.2 Å². The molecular weight excluding hydrogens is 450 g/mol. The van der Waals surface area contributed by atoms with Gasteiger partial charge in [0.25, 0.3) is 0 Å². The molecule has 0 fully saturated rings. The molecule has 9 nitrogen and oxygen atoms in total. The van der Waals surface area contributed by atoms with Crippen LogP contribution in [0.1, 0.15) is 5.56 Å². The van der Waals surface area contributed by atoms with Crippen LogP contribution in [0.3, 0.4) is 0 Å². The summed E-state index contributed by atoms with van der Waals surface area (Å²) >= 11 is 1.08. The zero-order valence-electron chi connectivity index (χ0n) is 16.2. The molecule has 0 atom stereocenters. The van der Waals surface area contributed by atoms with Gasteiger partial charge in [-0.2, -0.15) is 9.78 Å². The van der Waals surface area contributed by atoms with Crippen LogP contribution in [0.2, 0.25) is 0 Å². The van der Waals surface area contributed by atoms with Crippen molar-refractivity contribution >= 4 is 55.4 Å². The van der Waals surface area contributed by atoms with E-state index in [0.29, 0.717) is 16.6 Å². The van der Waals surface area contributed by atoms with E-state index in [0.717, 1.165) is 11.3 Å². The SMILES string of the molecule is Nc1c(S(=O)(=O)c2cccs2)c2nc3ccccc3nc2n1N=Cc1ccc(O)c(O)c1. The van der Waals surface area contributed by atoms with Crippen LogP contribution in [0.4, 0.5) is 5.82 Å². The number of nitrogens with two attached hydrogens (primary N) is 1. The second-order valence-corrected chi connectivity index (χ2v) is 9.90. The van der Waals surface area contributed by atoms with Crippen LogP contribution in [-0.2, 0) is 9.84 Å². The highest BCUT2D eigenvalue weighted by Crippen LogP contribution is 2.36. The van der Waals surface area contributed by atoms with Crippen LogP contribution in [-0.4, -0.2) is 39.5 Å². The van der Waals surface area contributed by atoms with E-state index in [9.17, 15) is 18.6 Å². The number of para-hydroxylation sites is 2. The maximum atomic E-state index is 13.4. The van der Waals surface area contributed by atoms with Gasteiger partial charge in [-0.1, -0.05) is 18.2 Å². The Kier molecular flexibility index (Phi) is 4.57. The van der Waals surface area contributed by atoms with E-state index in [1.54, 1.807) is 35.7 Å². The number of nitrogen functional groups attached to an aromatic ring is 1. The Balaban J connectivity index is 1.79. The van der Waals surface area contributed by atoms with Crippen LogP contribution in [0.15, 0.2) is 74.2 Å². The first kappa shape index (κ1) is 20.0. The van der Waals surface area contributed by atoms with E-state index in [4.69, 9.17) is 5.73 Å². The average Bonchev–Trinajstić information content (AvgIpc) is 3.40. The van der Waals surface area contributed by atoms with E-state index >= 15 is 0 Å². The molecule has 0 unspecified atom stereocenters. The zero-order chi connectivity index (χ0) is 22.5.